The number of nitrogens with one attached hydrogen (secondary N) is 2. The van der Waals surface area contributed by atoms with E-state index in [0.717, 1.165) is 18.7 Å². The summed E-state index contributed by atoms with van der Waals surface area (Å²) in [5.41, 5.74) is 0.980. The maximum absolute atomic E-state index is 12.2. The number of aromatic nitrogens is 3. The van der Waals surface area contributed by atoms with Crippen molar-refractivity contribution < 1.29 is 9.72 Å². The number of nitro benzene ring substituents is 1. The lowest BCUT2D eigenvalue weighted by Gasteiger charge is -2.08. The second kappa shape index (κ2) is 6.52. The van der Waals surface area contributed by atoms with Gasteiger partial charge in [-0.15, -0.1) is 0 Å². The number of benzene rings is 1. The average molecular weight is 347 g/mol. The minimum atomic E-state index is -0.477. The van der Waals surface area contributed by atoms with Crippen molar-refractivity contribution in [3.05, 3.63) is 50.0 Å². The molecule has 24 heavy (non-hydrogen) atoms. The normalized spacial score (nSPS) is 13.7. The number of rotatable bonds is 6. The van der Waals surface area contributed by atoms with E-state index in [1.807, 2.05) is 4.57 Å². The fourth-order valence-electron chi connectivity index (χ4n) is 2.62. The molecule has 2 N–H and O–H groups in total. The number of carbonyl (C=O) groups is 1. The van der Waals surface area contributed by atoms with Gasteiger partial charge in [0.15, 0.2) is 4.77 Å². The molecule has 1 saturated carbocycles. The zero-order chi connectivity index (χ0) is 17.3. The second-order valence-corrected chi connectivity index (χ2v) is 6.20. The van der Waals surface area contributed by atoms with Crippen molar-refractivity contribution in [2.75, 3.05) is 6.54 Å². The molecular weight excluding hydrogens is 330 g/mol. The predicted octanol–water partition coefficient (Wildman–Crippen LogP) is 2.46. The zero-order valence-corrected chi connectivity index (χ0v) is 13.9. The number of nitro groups is 1. The monoisotopic (exact) mass is 347 g/mol. The Morgan fingerprint density at radius 3 is 2.92 bits per heavy atom. The summed E-state index contributed by atoms with van der Waals surface area (Å²) in [7, 11) is 0. The maximum atomic E-state index is 12.2. The number of nitrogens with zero attached hydrogens (tertiary/aromatic N) is 3. The third-order valence-electron chi connectivity index (χ3n) is 3.99. The van der Waals surface area contributed by atoms with E-state index in [1.165, 1.54) is 18.2 Å². The summed E-state index contributed by atoms with van der Waals surface area (Å²) in [4.78, 5) is 22.5. The Morgan fingerprint density at radius 2 is 2.29 bits per heavy atom. The van der Waals surface area contributed by atoms with Crippen LogP contribution < -0.4 is 5.32 Å². The molecule has 1 aliphatic carbocycles. The molecule has 0 saturated heterocycles. The van der Waals surface area contributed by atoms with Crippen molar-refractivity contribution in [1.82, 2.24) is 20.1 Å². The van der Waals surface area contributed by atoms with Crippen LogP contribution >= 0.6 is 12.2 Å². The van der Waals surface area contributed by atoms with Gasteiger partial charge in [-0.3, -0.25) is 20.0 Å². The first kappa shape index (κ1) is 16.3. The highest BCUT2D eigenvalue weighted by Crippen LogP contribution is 2.35. The van der Waals surface area contributed by atoms with E-state index in [2.05, 4.69) is 15.5 Å². The minimum Gasteiger partial charge on any atom is -0.352 e. The molecule has 1 amide bonds. The number of non-ortho nitro benzene ring substituents is 1. The highest BCUT2D eigenvalue weighted by atomic mass is 32.1. The van der Waals surface area contributed by atoms with E-state index < -0.39 is 4.92 Å². The number of amides is 1. The lowest BCUT2D eigenvalue weighted by Crippen LogP contribution is -2.27. The van der Waals surface area contributed by atoms with E-state index in [1.54, 1.807) is 6.92 Å². The summed E-state index contributed by atoms with van der Waals surface area (Å²) in [5, 5.41) is 20.6. The number of H-pyrrole nitrogens is 1. The molecule has 0 atom stereocenters. The Kier molecular flexibility index (Phi) is 4.43. The highest BCUT2D eigenvalue weighted by molar-refractivity contribution is 7.71. The van der Waals surface area contributed by atoms with Gasteiger partial charge in [-0.2, -0.15) is 5.10 Å². The Bertz CT molecular complexity index is 853. The van der Waals surface area contributed by atoms with Crippen LogP contribution in [0.1, 0.15) is 40.6 Å². The van der Waals surface area contributed by atoms with Crippen molar-refractivity contribution in [3.8, 4) is 0 Å². The van der Waals surface area contributed by atoms with Crippen LogP contribution in [0.25, 0.3) is 0 Å². The standard InChI is InChI=1S/C15H17N5O3S/c1-9-8-11(20(22)23)4-5-12(9)14(21)16-7-6-13-17-18-15(24)19(13)10-2-3-10/h4-5,8,10H,2-3,6-7H2,1H3,(H,16,21)(H,18,24). The van der Waals surface area contributed by atoms with E-state index >= 15 is 0 Å². The van der Waals surface area contributed by atoms with Gasteiger partial charge in [0.25, 0.3) is 11.6 Å². The number of aromatic amines is 1. The van der Waals surface area contributed by atoms with Crippen LogP contribution in [0.5, 0.6) is 0 Å². The van der Waals surface area contributed by atoms with Crippen molar-refractivity contribution in [3.63, 3.8) is 0 Å². The van der Waals surface area contributed by atoms with Crippen LogP contribution in [0.4, 0.5) is 5.69 Å². The molecule has 1 aliphatic rings. The van der Waals surface area contributed by atoms with Crippen molar-refractivity contribution in [2.45, 2.75) is 32.2 Å². The highest BCUT2D eigenvalue weighted by Gasteiger charge is 2.27. The van der Waals surface area contributed by atoms with Gasteiger partial charge >= 0.3 is 0 Å². The molecule has 1 aromatic carbocycles. The molecule has 1 heterocycles. The maximum Gasteiger partial charge on any atom is 0.269 e. The van der Waals surface area contributed by atoms with Crippen LogP contribution in [0.2, 0.25) is 0 Å². The summed E-state index contributed by atoms with van der Waals surface area (Å²) in [6, 6.07) is 4.63. The largest absolute Gasteiger partial charge is 0.352 e. The Labute approximate surface area is 143 Å². The molecule has 1 aromatic heterocycles. The quantitative estimate of drug-likeness (QED) is 0.474. The van der Waals surface area contributed by atoms with Crippen molar-refractivity contribution in [1.29, 1.82) is 0 Å². The number of hydrogen-bond donors (Lipinski definition) is 2. The van der Waals surface area contributed by atoms with Gasteiger partial charge < -0.3 is 9.88 Å². The summed E-state index contributed by atoms with van der Waals surface area (Å²) in [6.45, 7) is 2.10. The van der Waals surface area contributed by atoms with Gasteiger partial charge in [0.05, 0.1) is 4.92 Å². The van der Waals surface area contributed by atoms with E-state index in [9.17, 15) is 14.9 Å². The molecule has 126 valence electrons. The average Bonchev–Trinajstić information content (AvgIpc) is 3.30. The summed E-state index contributed by atoms with van der Waals surface area (Å²) in [5.74, 6) is 0.581. The molecule has 0 spiro atoms. The van der Waals surface area contributed by atoms with Gasteiger partial charge in [0.1, 0.15) is 5.82 Å². The first-order chi connectivity index (χ1) is 11.5. The molecule has 1 fully saturated rings. The summed E-state index contributed by atoms with van der Waals surface area (Å²) >= 11 is 5.22. The molecule has 3 rings (SSSR count). The van der Waals surface area contributed by atoms with Crippen LogP contribution in [0.3, 0.4) is 0 Å². The number of hydrogen-bond acceptors (Lipinski definition) is 5. The van der Waals surface area contributed by atoms with Gasteiger partial charge in [0, 0.05) is 36.7 Å². The van der Waals surface area contributed by atoms with Gasteiger partial charge in [0.2, 0.25) is 0 Å². The minimum absolute atomic E-state index is 0.0241. The SMILES string of the molecule is Cc1cc([N+](=O)[O-])ccc1C(=O)NCCc1n[nH]c(=S)n1C1CC1. The van der Waals surface area contributed by atoms with Crippen LogP contribution in [-0.4, -0.2) is 32.1 Å². The third kappa shape index (κ3) is 3.35. The van der Waals surface area contributed by atoms with Crippen molar-refractivity contribution in [2.24, 2.45) is 0 Å². The molecule has 0 bridgehead atoms. The molecule has 0 unspecified atom stereocenters. The topological polar surface area (TPSA) is 106 Å². The van der Waals surface area contributed by atoms with Gasteiger partial charge in [-0.25, -0.2) is 0 Å². The van der Waals surface area contributed by atoms with Crippen molar-refractivity contribution >= 4 is 23.8 Å². The smallest absolute Gasteiger partial charge is 0.269 e. The van der Waals surface area contributed by atoms with E-state index in [4.69, 9.17) is 12.2 Å². The first-order valence-corrected chi connectivity index (χ1v) is 8.07. The molecule has 2 aromatic rings. The lowest BCUT2D eigenvalue weighted by molar-refractivity contribution is -0.384. The van der Waals surface area contributed by atoms with E-state index in [-0.39, 0.29) is 11.6 Å². The van der Waals surface area contributed by atoms with E-state index in [0.29, 0.717) is 34.9 Å². The summed E-state index contributed by atoms with van der Waals surface area (Å²) < 4.78 is 2.63. The molecule has 8 nitrogen and oxygen atoms in total. The zero-order valence-electron chi connectivity index (χ0n) is 13.1. The Morgan fingerprint density at radius 1 is 1.54 bits per heavy atom. The summed E-state index contributed by atoms with van der Waals surface area (Å²) in [6.07, 6.45) is 2.78. The van der Waals surface area contributed by atoms with Crippen LogP contribution in [0.15, 0.2) is 18.2 Å². The molecular formula is C15H17N5O3S. The third-order valence-corrected chi connectivity index (χ3v) is 4.28. The molecule has 9 heteroatoms. The second-order valence-electron chi connectivity index (χ2n) is 5.81. The number of aryl methyl sites for hydroxylation is 1. The molecule has 0 aliphatic heterocycles. The van der Waals surface area contributed by atoms with Gasteiger partial charge in [-0.1, -0.05) is 0 Å². The lowest BCUT2D eigenvalue weighted by atomic mass is 10.1. The first-order valence-electron chi connectivity index (χ1n) is 7.66. The fourth-order valence-corrected chi connectivity index (χ4v) is 2.92. The van der Waals surface area contributed by atoms with Gasteiger partial charge in [-0.05, 0) is 43.6 Å². The van der Waals surface area contributed by atoms with Crippen LogP contribution in [0, 0.1) is 21.8 Å². The van der Waals surface area contributed by atoms with Crippen LogP contribution in [-0.2, 0) is 6.42 Å². The Hall–Kier alpha value is -2.55. The fraction of sp³-hybridized carbons (Fsp3) is 0.400. The molecule has 0 radical (unpaired) electrons. The predicted molar refractivity (Wildman–Crippen MR) is 89.6 cm³/mol. The number of carbonyl (C=O) groups excluding carboxylic acids is 1. The Balaban J connectivity index is 1.62.